The highest BCUT2D eigenvalue weighted by Gasteiger charge is 1.91. The summed E-state index contributed by atoms with van der Waals surface area (Å²) in [5, 5.41) is 8.54. The molecule has 0 aromatic carbocycles. The Morgan fingerprint density at radius 1 is 1.50 bits per heavy atom. The van der Waals surface area contributed by atoms with Crippen molar-refractivity contribution < 1.29 is 4.74 Å². The molecule has 12 heavy (non-hydrogen) atoms. The Bertz CT molecular complexity index is 258. The van der Waals surface area contributed by atoms with Crippen LogP contribution in [-0.2, 0) is 0 Å². The molecule has 0 bridgehead atoms. The summed E-state index contributed by atoms with van der Waals surface area (Å²) in [5.74, 6) is 0.533. The molecule has 0 spiro atoms. The van der Waals surface area contributed by atoms with Crippen LogP contribution in [0.25, 0.3) is 6.08 Å². The number of methoxy groups -OCH3 is 1. The Kier molecular flexibility index (Phi) is 3.73. The Hall–Kier alpha value is -0.900. The Balaban J connectivity index is 2.71. The van der Waals surface area contributed by atoms with Crippen LogP contribution in [0.1, 0.15) is 5.69 Å². The van der Waals surface area contributed by atoms with E-state index < -0.39 is 0 Å². The van der Waals surface area contributed by atoms with Gasteiger partial charge in [-0.3, -0.25) is 0 Å². The molecular weight excluding hydrogens is 220 g/mol. The second-order valence-corrected chi connectivity index (χ2v) is 2.70. The molecule has 4 heteroatoms. The minimum Gasteiger partial charge on any atom is -0.480 e. The maximum Gasteiger partial charge on any atom is 0.233 e. The van der Waals surface area contributed by atoms with Crippen molar-refractivity contribution in [2.24, 2.45) is 0 Å². The van der Waals surface area contributed by atoms with E-state index in [0.29, 0.717) is 5.88 Å². The Morgan fingerprint density at radius 2 is 2.33 bits per heavy atom. The lowest BCUT2D eigenvalue weighted by Gasteiger charge is -1.95. The van der Waals surface area contributed by atoms with Gasteiger partial charge in [0.25, 0.3) is 0 Å². The van der Waals surface area contributed by atoms with Gasteiger partial charge < -0.3 is 4.74 Å². The molecule has 0 aliphatic carbocycles. The number of halogens is 1. The van der Waals surface area contributed by atoms with E-state index in [4.69, 9.17) is 4.74 Å². The lowest BCUT2D eigenvalue weighted by atomic mass is 10.3. The lowest BCUT2D eigenvalue weighted by Crippen LogP contribution is -1.91. The van der Waals surface area contributed by atoms with Crippen molar-refractivity contribution in [3.63, 3.8) is 0 Å². The molecule has 0 N–H and O–H groups in total. The smallest absolute Gasteiger partial charge is 0.233 e. The lowest BCUT2D eigenvalue weighted by molar-refractivity contribution is 0.392. The highest BCUT2D eigenvalue weighted by Crippen LogP contribution is 2.04. The molecule has 64 valence electrons. The number of nitrogens with zero attached hydrogens (tertiary/aromatic N) is 2. The van der Waals surface area contributed by atoms with E-state index in [1.54, 1.807) is 13.2 Å². The van der Waals surface area contributed by atoms with Gasteiger partial charge in [0.1, 0.15) is 0 Å². The molecule has 0 saturated carbocycles. The first-order valence-electron chi connectivity index (χ1n) is 3.47. The fourth-order valence-electron chi connectivity index (χ4n) is 0.693. The standard InChI is InChI=1S/C8H9BrN2O/c1-12-8-5-4-7(10-11-8)3-2-6-9/h2-5H,6H2,1H3. The molecule has 1 aromatic heterocycles. The SMILES string of the molecule is COc1ccc(C=CCBr)nn1. The maximum absolute atomic E-state index is 4.87. The van der Waals surface area contributed by atoms with Gasteiger partial charge in [0.15, 0.2) is 0 Å². The first-order chi connectivity index (χ1) is 5.86. The van der Waals surface area contributed by atoms with Gasteiger partial charge in [0.05, 0.1) is 12.8 Å². The minimum absolute atomic E-state index is 0.533. The molecule has 0 amide bonds. The van der Waals surface area contributed by atoms with Crippen LogP contribution in [0.5, 0.6) is 5.88 Å². The predicted octanol–water partition coefficient (Wildman–Crippen LogP) is 1.89. The van der Waals surface area contributed by atoms with E-state index >= 15 is 0 Å². The van der Waals surface area contributed by atoms with Gasteiger partial charge in [-0.25, -0.2) is 0 Å². The molecule has 1 rings (SSSR count). The van der Waals surface area contributed by atoms with Gasteiger partial charge in [-0.2, -0.15) is 0 Å². The van der Waals surface area contributed by atoms with E-state index in [2.05, 4.69) is 26.1 Å². The average Bonchev–Trinajstić information content (AvgIpc) is 2.15. The van der Waals surface area contributed by atoms with Crippen molar-refractivity contribution in [2.45, 2.75) is 0 Å². The van der Waals surface area contributed by atoms with E-state index in [1.807, 2.05) is 18.2 Å². The van der Waals surface area contributed by atoms with Crippen LogP contribution < -0.4 is 4.74 Å². The van der Waals surface area contributed by atoms with Crippen molar-refractivity contribution in [1.29, 1.82) is 0 Å². The predicted molar refractivity (Wildman–Crippen MR) is 51.4 cm³/mol. The maximum atomic E-state index is 4.87. The summed E-state index contributed by atoms with van der Waals surface area (Å²) in [5.41, 5.74) is 0.829. The normalized spacial score (nSPS) is 10.5. The van der Waals surface area contributed by atoms with Gasteiger partial charge in [0, 0.05) is 11.4 Å². The van der Waals surface area contributed by atoms with Crippen LogP contribution in [0, 0.1) is 0 Å². The van der Waals surface area contributed by atoms with Crippen LogP contribution in [0.15, 0.2) is 18.2 Å². The van der Waals surface area contributed by atoms with Gasteiger partial charge in [-0.1, -0.05) is 22.0 Å². The van der Waals surface area contributed by atoms with E-state index in [0.717, 1.165) is 11.0 Å². The van der Waals surface area contributed by atoms with Crippen molar-refractivity contribution >= 4 is 22.0 Å². The minimum atomic E-state index is 0.533. The Morgan fingerprint density at radius 3 is 2.83 bits per heavy atom. The topological polar surface area (TPSA) is 35.0 Å². The summed E-state index contributed by atoms with van der Waals surface area (Å²) >= 11 is 3.28. The molecule has 1 aromatic rings. The molecule has 1 heterocycles. The highest BCUT2D eigenvalue weighted by atomic mass is 79.9. The second-order valence-electron chi connectivity index (χ2n) is 2.06. The zero-order valence-electron chi connectivity index (χ0n) is 6.70. The molecule has 0 radical (unpaired) electrons. The second kappa shape index (κ2) is 4.87. The summed E-state index contributed by atoms with van der Waals surface area (Å²) in [6.07, 6.45) is 3.84. The first-order valence-corrected chi connectivity index (χ1v) is 4.59. The van der Waals surface area contributed by atoms with Crippen LogP contribution in [0.4, 0.5) is 0 Å². The number of hydrogen-bond acceptors (Lipinski definition) is 3. The number of rotatable bonds is 3. The van der Waals surface area contributed by atoms with E-state index in [-0.39, 0.29) is 0 Å². The molecule has 3 nitrogen and oxygen atoms in total. The van der Waals surface area contributed by atoms with Crippen LogP contribution in [0.2, 0.25) is 0 Å². The largest absolute Gasteiger partial charge is 0.480 e. The molecular formula is C8H9BrN2O. The van der Waals surface area contributed by atoms with E-state index in [1.165, 1.54) is 0 Å². The van der Waals surface area contributed by atoms with Crippen LogP contribution in [-0.4, -0.2) is 22.6 Å². The third-order valence-corrected chi connectivity index (χ3v) is 1.62. The van der Waals surface area contributed by atoms with Crippen molar-refractivity contribution in [3.8, 4) is 5.88 Å². The van der Waals surface area contributed by atoms with E-state index in [9.17, 15) is 0 Å². The summed E-state index contributed by atoms with van der Waals surface area (Å²) < 4.78 is 4.87. The number of aromatic nitrogens is 2. The van der Waals surface area contributed by atoms with Gasteiger partial charge in [0.2, 0.25) is 5.88 Å². The number of ether oxygens (including phenoxy) is 1. The van der Waals surface area contributed by atoms with Gasteiger partial charge in [-0.05, 0) is 12.1 Å². The number of allylic oxidation sites excluding steroid dienone is 1. The van der Waals surface area contributed by atoms with Crippen molar-refractivity contribution in [1.82, 2.24) is 10.2 Å². The zero-order chi connectivity index (χ0) is 8.81. The Labute approximate surface area is 79.6 Å². The quantitative estimate of drug-likeness (QED) is 0.742. The highest BCUT2D eigenvalue weighted by molar-refractivity contribution is 9.09. The van der Waals surface area contributed by atoms with Gasteiger partial charge >= 0.3 is 0 Å². The third-order valence-electron chi connectivity index (χ3n) is 1.25. The molecule has 0 atom stereocenters. The fraction of sp³-hybridized carbons (Fsp3) is 0.250. The summed E-state index contributed by atoms with van der Waals surface area (Å²) in [6, 6.07) is 3.63. The molecule has 0 unspecified atom stereocenters. The van der Waals surface area contributed by atoms with Crippen LogP contribution in [0.3, 0.4) is 0 Å². The van der Waals surface area contributed by atoms with Gasteiger partial charge in [-0.15, -0.1) is 10.2 Å². The number of hydrogen-bond donors (Lipinski definition) is 0. The fourth-order valence-corrected chi connectivity index (χ4v) is 0.880. The first kappa shape index (κ1) is 9.19. The van der Waals surface area contributed by atoms with Crippen molar-refractivity contribution in [2.75, 3.05) is 12.4 Å². The summed E-state index contributed by atoms with van der Waals surface area (Å²) in [6.45, 7) is 0. The summed E-state index contributed by atoms with van der Waals surface area (Å²) in [7, 11) is 1.57. The third kappa shape index (κ3) is 2.62. The molecule has 0 saturated heterocycles. The average molecular weight is 229 g/mol. The summed E-state index contributed by atoms with van der Waals surface area (Å²) in [4.78, 5) is 0. The number of alkyl halides is 1. The molecule has 0 fully saturated rings. The molecule has 0 aliphatic rings. The van der Waals surface area contributed by atoms with Crippen LogP contribution >= 0.6 is 15.9 Å². The van der Waals surface area contributed by atoms with Crippen molar-refractivity contribution in [3.05, 3.63) is 23.9 Å². The monoisotopic (exact) mass is 228 g/mol. The zero-order valence-corrected chi connectivity index (χ0v) is 8.28. The molecule has 0 aliphatic heterocycles.